The molecule has 22 heavy (non-hydrogen) atoms. The van der Waals surface area contributed by atoms with Crippen molar-refractivity contribution in [1.82, 2.24) is 0 Å². The van der Waals surface area contributed by atoms with Crippen LogP contribution in [0.4, 0.5) is 5.69 Å². The lowest BCUT2D eigenvalue weighted by Crippen LogP contribution is -2.30. The van der Waals surface area contributed by atoms with Gasteiger partial charge in [0.05, 0.1) is 19.9 Å². The topological polar surface area (TPSA) is 56.8 Å². The normalized spacial score (nSPS) is 11.4. The standard InChI is InChI=1S/C17H19NO4/c1-12(22-16-11-7-6-10-15(16)21-3)17(19)18-13-8-4-5-9-14(13)20-2/h4-12H,1-3H3,(H,18,19). The first-order valence-corrected chi connectivity index (χ1v) is 6.89. The summed E-state index contributed by atoms with van der Waals surface area (Å²) in [6.45, 7) is 1.68. The molecule has 0 radical (unpaired) electrons. The zero-order valence-corrected chi connectivity index (χ0v) is 12.8. The number of anilines is 1. The number of ether oxygens (including phenoxy) is 3. The number of carbonyl (C=O) groups excluding carboxylic acids is 1. The molecule has 2 aromatic carbocycles. The van der Waals surface area contributed by atoms with E-state index >= 15 is 0 Å². The van der Waals surface area contributed by atoms with E-state index in [2.05, 4.69) is 5.32 Å². The average Bonchev–Trinajstić information content (AvgIpc) is 2.55. The smallest absolute Gasteiger partial charge is 0.265 e. The first-order valence-electron chi connectivity index (χ1n) is 6.89. The van der Waals surface area contributed by atoms with Crippen molar-refractivity contribution in [1.29, 1.82) is 0 Å². The fourth-order valence-electron chi connectivity index (χ4n) is 1.94. The highest BCUT2D eigenvalue weighted by atomic mass is 16.5. The predicted octanol–water partition coefficient (Wildman–Crippen LogP) is 3.11. The third kappa shape index (κ3) is 3.69. The number of amides is 1. The molecule has 0 saturated carbocycles. The molecule has 0 aliphatic carbocycles. The Hall–Kier alpha value is -2.69. The van der Waals surface area contributed by atoms with Gasteiger partial charge in [0.1, 0.15) is 5.75 Å². The van der Waals surface area contributed by atoms with Gasteiger partial charge in [0.2, 0.25) is 0 Å². The zero-order valence-electron chi connectivity index (χ0n) is 12.8. The van der Waals surface area contributed by atoms with Crippen molar-refractivity contribution in [3.05, 3.63) is 48.5 Å². The van der Waals surface area contributed by atoms with Gasteiger partial charge in [0, 0.05) is 0 Å². The van der Waals surface area contributed by atoms with E-state index in [0.29, 0.717) is 22.9 Å². The number of benzene rings is 2. The third-order valence-electron chi connectivity index (χ3n) is 3.11. The number of hydrogen-bond donors (Lipinski definition) is 1. The van der Waals surface area contributed by atoms with Crippen LogP contribution in [0, 0.1) is 0 Å². The Labute approximate surface area is 129 Å². The van der Waals surface area contributed by atoms with E-state index in [9.17, 15) is 4.79 Å². The number of methoxy groups -OCH3 is 2. The van der Waals surface area contributed by atoms with Crippen molar-refractivity contribution < 1.29 is 19.0 Å². The van der Waals surface area contributed by atoms with E-state index in [1.54, 1.807) is 45.4 Å². The Morgan fingerprint density at radius 1 is 0.909 bits per heavy atom. The van der Waals surface area contributed by atoms with Gasteiger partial charge in [-0.3, -0.25) is 4.79 Å². The van der Waals surface area contributed by atoms with Crippen LogP contribution < -0.4 is 19.5 Å². The van der Waals surface area contributed by atoms with Gasteiger partial charge in [-0.05, 0) is 31.2 Å². The predicted molar refractivity (Wildman–Crippen MR) is 84.7 cm³/mol. The molecule has 5 heteroatoms. The number of para-hydroxylation sites is 4. The molecule has 2 rings (SSSR count). The quantitative estimate of drug-likeness (QED) is 0.890. The van der Waals surface area contributed by atoms with E-state index in [1.165, 1.54) is 0 Å². The Morgan fingerprint density at radius 2 is 1.45 bits per heavy atom. The van der Waals surface area contributed by atoms with Crippen LogP contribution in [0.1, 0.15) is 6.92 Å². The Morgan fingerprint density at radius 3 is 2.09 bits per heavy atom. The van der Waals surface area contributed by atoms with Gasteiger partial charge in [-0.15, -0.1) is 0 Å². The first-order chi connectivity index (χ1) is 10.7. The molecule has 0 heterocycles. The second-order valence-corrected chi connectivity index (χ2v) is 4.60. The summed E-state index contributed by atoms with van der Waals surface area (Å²) in [4.78, 5) is 12.3. The van der Waals surface area contributed by atoms with Crippen LogP contribution in [0.3, 0.4) is 0 Å². The molecule has 0 spiro atoms. The maximum Gasteiger partial charge on any atom is 0.265 e. The van der Waals surface area contributed by atoms with Gasteiger partial charge in [0.15, 0.2) is 17.6 Å². The highest BCUT2D eigenvalue weighted by molar-refractivity contribution is 5.95. The van der Waals surface area contributed by atoms with Gasteiger partial charge in [-0.1, -0.05) is 24.3 Å². The summed E-state index contributed by atoms with van der Waals surface area (Å²) in [6, 6.07) is 14.4. The molecular weight excluding hydrogens is 282 g/mol. The average molecular weight is 301 g/mol. The SMILES string of the molecule is COc1ccccc1NC(=O)C(C)Oc1ccccc1OC. The van der Waals surface area contributed by atoms with Crippen molar-refractivity contribution in [2.24, 2.45) is 0 Å². The number of hydrogen-bond acceptors (Lipinski definition) is 4. The van der Waals surface area contributed by atoms with E-state index in [1.807, 2.05) is 24.3 Å². The second kappa shape index (κ2) is 7.36. The van der Waals surface area contributed by atoms with E-state index in [4.69, 9.17) is 14.2 Å². The Balaban J connectivity index is 2.06. The fourth-order valence-corrected chi connectivity index (χ4v) is 1.94. The number of nitrogens with one attached hydrogen (secondary N) is 1. The van der Waals surface area contributed by atoms with Crippen LogP contribution in [0.25, 0.3) is 0 Å². The zero-order chi connectivity index (χ0) is 15.9. The number of rotatable bonds is 6. The molecule has 1 amide bonds. The summed E-state index contributed by atoms with van der Waals surface area (Å²) in [6.07, 6.45) is -0.679. The van der Waals surface area contributed by atoms with Gasteiger partial charge < -0.3 is 19.5 Å². The van der Waals surface area contributed by atoms with Crippen molar-refractivity contribution >= 4 is 11.6 Å². The molecule has 0 fully saturated rings. The summed E-state index contributed by atoms with van der Waals surface area (Å²) in [5, 5.41) is 2.79. The molecule has 0 aliphatic rings. The van der Waals surface area contributed by atoms with E-state index in [0.717, 1.165) is 0 Å². The minimum Gasteiger partial charge on any atom is -0.495 e. The van der Waals surface area contributed by atoms with Gasteiger partial charge in [-0.2, -0.15) is 0 Å². The Kier molecular flexibility index (Phi) is 5.25. The minimum absolute atomic E-state index is 0.268. The largest absolute Gasteiger partial charge is 0.495 e. The van der Waals surface area contributed by atoms with Gasteiger partial charge in [0.25, 0.3) is 5.91 Å². The first kappa shape index (κ1) is 15.7. The lowest BCUT2D eigenvalue weighted by Gasteiger charge is -2.17. The molecule has 0 aromatic heterocycles. The number of carbonyl (C=O) groups is 1. The lowest BCUT2D eigenvalue weighted by molar-refractivity contribution is -0.122. The van der Waals surface area contributed by atoms with E-state index < -0.39 is 6.10 Å². The fraction of sp³-hybridized carbons (Fsp3) is 0.235. The van der Waals surface area contributed by atoms with Crippen molar-refractivity contribution in [3.63, 3.8) is 0 Å². The van der Waals surface area contributed by atoms with Crippen LogP contribution in [0.2, 0.25) is 0 Å². The van der Waals surface area contributed by atoms with Crippen molar-refractivity contribution in [3.8, 4) is 17.2 Å². The maximum atomic E-state index is 12.3. The summed E-state index contributed by atoms with van der Waals surface area (Å²) in [5.41, 5.74) is 0.602. The molecule has 5 nitrogen and oxygen atoms in total. The van der Waals surface area contributed by atoms with Crippen molar-refractivity contribution in [2.45, 2.75) is 13.0 Å². The molecule has 1 N–H and O–H groups in total. The molecule has 1 atom stereocenters. The molecular formula is C17H19NO4. The van der Waals surface area contributed by atoms with Crippen LogP contribution in [-0.4, -0.2) is 26.2 Å². The van der Waals surface area contributed by atoms with Crippen LogP contribution >= 0.6 is 0 Å². The van der Waals surface area contributed by atoms with Crippen LogP contribution in [0.5, 0.6) is 17.2 Å². The highest BCUT2D eigenvalue weighted by Crippen LogP contribution is 2.27. The summed E-state index contributed by atoms with van der Waals surface area (Å²) >= 11 is 0. The van der Waals surface area contributed by atoms with Gasteiger partial charge in [-0.25, -0.2) is 0 Å². The Bertz CT molecular complexity index is 642. The molecule has 116 valence electrons. The molecule has 2 aromatic rings. The summed E-state index contributed by atoms with van der Waals surface area (Å²) in [5.74, 6) is 1.43. The van der Waals surface area contributed by atoms with Gasteiger partial charge >= 0.3 is 0 Å². The van der Waals surface area contributed by atoms with Crippen LogP contribution in [-0.2, 0) is 4.79 Å². The monoisotopic (exact) mass is 301 g/mol. The molecule has 0 bridgehead atoms. The molecule has 1 unspecified atom stereocenters. The van der Waals surface area contributed by atoms with Crippen molar-refractivity contribution in [2.75, 3.05) is 19.5 Å². The second-order valence-electron chi connectivity index (χ2n) is 4.60. The molecule has 0 aliphatic heterocycles. The summed E-state index contributed by atoms with van der Waals surface area (Å²) in [7, 11) is 3.11. The highest BCUT2D eigenvalue weighted by Gasteiger charge is 2.18. The van der Waals surface area contributed by atoms with Crippen LogP contribution in [0.15, 0.2) is 48.5 Å². The molecule has 0 saturated heterocycles. The maximum absolute atomic E-state index is 12.3. The minimum atomic E-state index is -0.679. The van der Waals surface area contributed by atoms with E-state index in [-0.39, 0.29) is 5.91 Å². The summed E-state index contributed by atoms with van der Waals surface area (Å²) < 4.78 is 16.1. The lowest BCUT2D eigenvalue weighted by atomic mass is 10.2. The third-order valence-corrected chi connectivity index (χ3v) is 3.11.